The van der Waals surface area contributed by atoms with E-state index in [4.69, 9.17) is 37.6 Å². The fourth-order valence-corrected chi connectivity index (χ4v) is 4.33. The molecule has 0 aromatic rings. The van der Waals surface area contributed by atoms with Crippen molar-refractivity contribution in [1.82, 2.24) is 0 Å². The van der Waals surface area contributed by atoms with Gasteiger partial charge in [-0.1, -0.05) is 0 Å². The largest absolute Gasteiger partial charge is 0.418 e. The maximum absolute atomic E-state index is 5.79. The second kappa shape index (κ2) is 22.6. The Morgan fingerprint density at radius 2 is 0.862 bits per heavy atom. The maximum Gasteiger partial charge on any atom is 0.186 e. The minimum atomic E-state index is -1.47. The molecule has 0 saturated heterocycles. The van der Waals surface area contributed by atoms with Crippen LogP contribution in [-0.4, -0.2) is 108 Å². The Morgan fingerprint density at radius 1 is 0.517 bits per heavy atom. The van der Waals surface area contributed by atoms with E-state index in [1.54, 1.807) is 7.11 Å². The predicted octanol–water partition coefficient (Wildman–Crippen LogP) is 2.36. The first-order valence-electron chi connectivity index (χ1n) is 10.7. The number of methoxy groups -OCH3 is 1. The lowest BCUT2D eigenvalue weighted by Crippen LogP contribution is -2.30. The summed E-state index contributed by atoms with van der Waals surface area (Å²) < 4.78 is 43.3. The molecule has 8 nitrogen and oxygen atoms in total. The van der Waals surface area contributed by atoms with Gasteiger partial charge in [-0.3, -0.25) is 0 Å². The van der Waals surface area contributed by atoms with Crippen molar-refractivity contribution in [1.29, 1.82) is 0 Å². The molecular formula is C20H44O8Si. The topological polar surface area (TPSA) is 73.8 Å². The van der Waals surface area contributed by atoms with Crippen molar-refractivity contribution >= 4 is 8.32 Å². The Hall–Kier alpha value is -0.103. The second-order valence-corrected chi connectivity index (χ2v) is 11.3. The molecule has 9 heteroatoms. The number of ether oxygens (including phenoxy) is 7. The fourth-order valence-electron chi connectivity index (χ4n) is 2.41. The van der Waals surface area contributed by atoms with E-state index < -0.39 is 8.32 Å². The van der Waals surface area contributed by atoms with E-state index in [0.717, 1.165) is 25.7 Å². The summed E-state index contributed by atoms with van der Waals surface area (Å²) in [5, 5.41) is 0. The van der Waals surface area contributed by atoms with Crippen LogP contribution in [0.2, 0.25) is 19.1 Å². The molecule has 0 aliphatic rings. The monoisotopic (exact) mass is 440 g/mol. The first-order valence-corrected chi connectivity index (χ1v) is 13.8. The average molecular weight is 441 g/mol. The van der Waals surface area contributed by atoms with Crippen LogP contribution in [0.15, 0.2) is 0 Å². The summed E-state index contributed by atoms with van der Waals surface area (Å²) in [5.41, 5.74) is 0. The lowest BCUT2D eigenvalue weighted by Gasteiger charge is -2.21. The first kappa shape index (κ1) is 28.9. The molecule has 0 unspecified atom stereocenters. The standard InChI is InChI=1S/C20H44O8Si/c1-5-28-29(3,4)20-6-7-22-10-11-24-14-15-26-18-19-27-17-16-25-13-12-23-9-8-21-2/h5-20H2,1-4H3. The molecule has 0 aliphatic heterocycles. The molecule has 0 aliphatic carbocycles. The molecular weight excluding hydrogens is 396 g/mol. The van der Waals surface area contributed by atoms with Crippen molar-refractivity contribution in [3.05, 3.63) is 0 Å². The molecule has 0 N–H and O–H groups in total. The molecule has 0 bridgehead atoms. The Balaban J connectivity index is 3.08. The zero-order chi connectivity index (χ0) is 21.5. The molecule has 0 aromatic carbocycles. The van der Waals surface area contributed by atoms with Gasteiger partial charge in [-0.25, -0.2) is 0 Å². The Labute approximate surface area is 178 Å². The Bertz CT molecular complexity index is 321. The number of hydrogen-bond donors (Lipinski definition) is 0. The molecule has 0 radical (unpaired) electrons. The van der Waals surface area contributed by atoms with E-state index in [-0.39, 0.29) is 0 Å². The van der Waals surface area contributed by atoms with Gasteiger partial charge in [0.25, 0.3) is 0 Å². The maximum atomic E-state index is 5.79. The van der Waals surface area contributed by atoms with E-state index in [9.17, 15) is 0 Å². The lowest BCUT2D eigenvalue weighted by molar-refractivity contribution is -0.0190. The SMILES string of the molecule is CCO[Si](C)(C)CCCOCCOCCOCCOCCOCCOCCOC. The van der Waals surface area contributed by atoms with Crippen LogP contribution >= 0.6 is 0 Å². The van der Waals surface area contributed by atoms with E-state index in [1.165, 1.54) is 0 Å². The smallest absolute Gasteiger partial charge is 0.186 e. The van der Waals surface area contributed by atoms with Gasteiger partial charge in [-0.05, 0) is 32.5 Å². The number of hydrogen-bond acceptors (Lipinski definition) is 8. The predicted molar refractivity (Wildman–Crippen MR) is 115 cm³/mol. The van der Waals surface area contributed by atoms with Crippen molar-refractivity contribution in [2.24, 2.45) is 0 Å². The van der Waals surface area contributed by atoms with Gasteiger partial charge in [-0.15, -0.1) is 0 Å². The van der Waals surface area contributed by atoms with Gasteiger partial charge in [0, 0.05) is 20.3 Å². The minimum Gasteiger partial charge on any atom is -0.418 e. The highest BCUT2D eigenvalue weighted by Crippen LogP contribution is 2.13. The van der Waals surface area contributed by atoms with Gasteiger partial charge in [-0.2, -0.15) is 0 Å². The van der Waals surface area contributed by atoms with Gasteiger partial charge in [0.15, 0.2) is 8.32 Å². The molecule has 0 aromatic heterocycles. The third-order valence-electron chi connectivity index (χ3n) is 3.89. The third-order valence-corrected chi connectivity index (χ3v) is 6.52. The van der Waals surface area contributed by atoms with Crippen molar-refractivity contribution in [2.75, 3.05) is 99.6 Å². The Morgan fingerprint density at radius 3 is 1.21 bits per heavy atom. The van der Waals surface area contributed by atoms with Crippen LogP contribution < -0.4 is 0 Å². The molecule has 0 saturated carbocycles. The molecule has 0 fully saturated rings. The van der Waals surface area contributed by atoms with Crippen molar-refractivity contribution in [3.63, 3.8) is 0 Å². The minimum absolute atomic E-state index is 0.554. The van der Waals surface area contributed by atoms with E-state index in [2.05, 4.69) is 20.0 Å². The summed E-state index contributed by atoms with van der Waals surface area (Å²) in [6.07, 6.45) is 1.05. The lowest BCUT2D eigenvalue weighted by atomic mass is 10.5. The van der Waals surface area contributed by atoms with Crippen molar-refractivity contribution in [2.45, 2.75) is 32.5 Å². The van der Waals surface area contributed by atoms with E-state index in [1.807, 2.05) is 0 Å². The zero-order valence-electron chi connectivity index (χ0n) is 19.1. The molecule has 176 valence electrons. The third kappa shape index (κ3) is 24.0. The van der Waals surface area contributed by atoms with Crippen molar-refractivity contribution in [3.8, 4) is 0 Å². The molecule has 0 rings (SSSR count). The van der Waals surface area contributed by atoms with E-state index >= 15 is 0 Å². The van der Waals surface area contributed by atoms with Gasteiger partial charge in [0.05, 0.1) is 79.3 Å². The molecule has 29 heavy (non-hydrogen) atoms. The molecule has 0 atom stereocenters. The quantitative estimate of drug-likeness (QED) is 0.167. The summed E-state index contributed by atoms with van der Waals surface area (Å²) >= 11 is 0. The zero-order valence-corrected chi connectivity index (χ0v) is 20.1. The fraction of sp³-hybridized carbons (Fsp3) is 1.00. The van der Waals surface area contributed by atoms with Crippen molar-refractivity contribution < 1.29 is 37.6 Å². The van der Waals surface area contributed by atoms with Crippen LogP contribution in [0.1, 0.15) is 13.3 Å². The van der Waals surface area contributed by atoms with Gasteiger partial charge >= 0.3 is 0 Å². The number of rotatable bonds is 24. The highest BCUT2D eigenvalue weighted by Gasteiger charge is 2.20. The van der Waals surface area contributed by atoms with Gasteiger partial charge in [0.2, 0.25) is 0 Å². The molecule has 0 heterocycles. The summed E-state index contributed by atoms with van der Waals surface area (Å²) in [7, 11) is 0.180. The van der Waals surface area contributed by atoms with Gasteiger partial charge < -0.3 is 37.6 Å². The van der Waals surface area contributed by atoms with Gasteiger partial charge in [0.1, 0.15) is 0 Å². The highest BCUT2D eigenvalue weighted by atomic mass is 28.4. The molecule has 0 spiro atoms. The second-order valence-electron chi connectivity index (χ2n) is 6.96. The summed E-state index contributed by atoms with van der Waals surface area (Å²) in [6.45, 7) is 15.1. The average Bonchev–Trinajstić information content (AvgIpc) is 2.69. The normalized spacial score (nSPS) is 12.0. The summed E-state index contributed by atoms with van der Waals surface area (Å²) in [4.78, 5) is 0. The van der Waals surface area contributed by atoms with Crippen LogP contribution in [0.4, 0.5) is 0 Å². The van der Waals surface area contributed by atoms with Crippen LogP contribution in [0.25, 0.3) is 0 Å². The Kier molecular flexibility index (Phi) is 22.5. The summed E-state index contributed by atoms with van der Waals surface area (Å²) in [6, 6.07) is 1.13. The van der Waals surface area contributed by atoms with Crippen LogP contribution in [0.5, 0.6) is 0 Å². The summed E-state index contributed by atoms with van der Waals surface area (Å²) in [5.74, 6) is 0. The molecule has 0 amide bonds. The van der Waals surface area contributed by atoms with Crippen LogP contribution in [-0.2, 0) is 37.6 Å². The van der Waals surface area contributed by atoms with Crippen LogP contribution in [0, 0.1) is 0 Å². The van der Waals surface area contributed by atoms with E-state index in [0.29, 0.717) is 79.3 Å². The first-order chi connectivity index (χ1) is 14.1. The highest BCUT2D eigenvalue weighted by molar-refractivity contribution is 6.71. The van der Waals surface area contributed by atoms with Crippen LogP contribution in [0.3, 0.4) is 0 Å².